The maximum absolute atomic E-state index is 6.47. The van der Waals surface area contributed by atoms with E-state index in [4.69, 9.17) is 15.7 Å². The molecule has 0 saturated heterocycles. The minimum Gasteiger partial charge on any atom is -0.369 e. The van der Waals surface area contributed by atoms with Gasteiger partial charge in [0.15, 0.2) is 5.82 Å². The Hall–Kier alpha value is -3.86. The van der Waals surface area contributed by atoms with Crippen molar-refractivity contribution in [3.63, 3.8) is 0 Å². The third-order valence-corrected chi connectivity index (χ3v) is 5.87. The van der Waals surface area contributed by atoms with Gasteiger partial charge in [0.2, 0.25) is 5.95 Å². The first kappa shape index (κ1) is 21.0. The van der Waals surface area contributed by atoms with Gasteiger partial charge in [0.1, 0.15) is 5.52 Å². The lowest BCUT2D eigenvalue weighted by molar-refractivity contribution is 0.538. The molecule has 0 aliphatic rings. The number of anilines is 2. The molecule has 0 amide bonds. The molecule has 2 N–H and O–H groups in total. The summed E-state index contributed by atoms with van der Waals surface area (Å²) in [5.74, 6) is 1.85. The highest BCUT2D eigenvalue weighted by Gasteiger charge is 2.22. The molecule has 33 heavy (non-hydrogen) atoms. The van der Waals surface area contributed by atoms with Crippen LogP contribution in [-0.4, -0.2) is 14.5 Å². The Morgan fingerprint density at radius 2 is 1.36 bits per heavy atom. The smallest absolute Gasteiger partial charge is 0.201 e. The monoisotopic (exact) mass is 435 g/mol. The number of para-hydroxylation sites is 1. The van der Waals surface area contributed by atoms with E-state index in [-0.39, 0.29) is 0 Å². The summed E-state index contributed by atoms with van der Waals surface area (Å²) < 4.78 is 2.15. The molecule has 2 aromatic heterocycles. The van der Waals surface area contributed by atoms with E-state index < -0.39 is 0 Å². The molecule has 166 valence electrons. The first-order chi connectivity index (χ1) is 16.1. The number of hydrogen-bond acceptors (Lipinski definition) is 4. The van der Waals surface area contributed by atoms with Crippen molar-refractivity contribution in [1.29, 1.82) is 0 Å². The van der Waals surface area contributed by atoms with Gasteiger partial charge in [-0.25, -0.2) is 9.97 Å². The van der Waals surface area contributed by atoms with Crippen molar-refractivity contribution in [2.75, 3.05) is 10.6 Å². The van der Waals surface area contributed by atoms with E-state index in [1.54, 1.807) is 0 Å². The minimum atomic E-state index is 0.449. The van der Waals surface area contributed by atoms with E-state index in [0.717, 1.165) is 47.4 Å². The molecule has 5 nitrogen and oxygen atoms in total. The van der Waals surface area contributed by atoms with Crippen LogP contribution in [0.2, 0.25) is 0 Å². The molecule has 3 aromatic carbocycles. The van der Waals surface area contributed by atoms with Gasteiger partial charge in [0, 0.05) is 25.0 Å². The first-order valence-corrected chi connectivity index (χ1v) is 11.5. The van der Waals surface area contributed by atoms with E-state index in [2.05, 4.69) is 90.0 Å². The molecule has 0 saturated carbocycles. The summed E-state index contributed by atoms with van der Waals surface area (Å²) in [6.45, 7) is 6.67. The van der Waals surface area contributed by atoms with Crippen LogP contribution in [-0.2, 0) is 19.6 Å². The van der Waals surface area contributed by atoms with E-state index in [0.29, 0.717) is 11.9 Å². The van der Waals surface area contributed by atoms with Crippen LogP contribution >= 0.6 is 0 Å². The number of fused-ring (bicyclic) bond motifs is 3. The highest BCUT2D eigenvalue weighted by Crippen LogP contribution is 2.34. The topological polar surface area (TPSA) is 60.0 Å². The number of hydrogen-bond donors (Lipinski definition) is 1. The fourth-order valence-corrected chi connectivity index (χ4v) is 4.42. The van der Waals surface area contributed by atoms with Gasteiger partial charge in [-0.1, -0.05) is 92.7 Å². The lowest BCUT2D eigenvalue weighted by Gasteiger charge is -2.25. The van der Waals surface area contributed by atoms with E-state index in [1.807, 2.05) is 18.2 Å². The van der Waals surface area contributed by atoms with Crippen molar-refractivity contribution in [3.8, 4) is 0 Å². The van der Waals surface area contributed by atoms with Gasteiger partial charge in [-0.15, -0.1) is 0 Å². The Kier molecular flexibility index (Phi) is 5.69. The third-order valence-electron chi connectivity index (χ3n) is 5.87. The highest BCUT2D eigenvalue weighted by molar-refractivity contribution is 6.07. The minimum absolute atomic E-state index is 0.449. The van der Waals surface area contributed by atoms with Crippen molar-refractivity contribution >= 4 is 33.7 Å². The first-order valence-electron chi connectivity index (χ1n) is 11.5. The molecule has 5 heteroatoms. The van der Waals surface area contributed by atoms with Crippen LogP contribution in [0.1, 0.15) is 25.0 Å². The van der Waals surface area contributed by atoms with Crippen LogP contribution in [0.25, 0.3) is 21.9 Å². The van der Waals surface area contributed by atoms with Crippen LogP contribution in [0.15, 0.2) is 84.9 Å². The number of imidazole rings is 1. The second kappa shape index (κ2) is 8.94. The molecule has 2 heterocycles. The molecule has 0 spiro atoms. The zero-order valence-corrected chi connectivity index (χ0v) is 19.1. The van der Waals surface area contributed by atoms with Crippen LogP contribution in [0, 0.1) is 5.92 Å². The van der Waals surface area contributed by atoms with Gasteiger partial charge in [-0.05, 0) is 23.1 Å². The number of nitrogens with two attached hydrogens (primary N) is 1. The molecule has 0 bridgehead atoms. The number of nitrogen functional groups attached to an aromatic ring is 1. The average molecular weight is 436 g/mol. The number of nitrogens with zero attached hydrogens (tertiary/aromatic N) is 4. The van der Waals surface area contributed by atoms with Crippen LogP contribution in [0.3, 0.4) is 0 Å². The summed E-state index contributed by atoms with van der Waals surface area (Å²) in [6, 6.07) is 29.3. The summed E-state index contributed by atoms with van der Waals surface area (Å²) >= 11 is 0. The maximum atomic E-state index is 6.47. The largest absolute Gasteiger partial charge is 0.369 e. The van der Waals surface area contributed by atoms with Gasteiger partial charge in [0.25, 0.3) is 0 Å². The summed E-state index contributed by atoms with van der Waals surface area (Å²) in [7, 11) is 0. The predicted molar refractivity (Wildman–Crippen MR) is 137 cm³/mol. The van der Waals surface area contributed by atoms with Crippen LogP contribution in [0.4, 0.5) is 11.8 Å². The molecule has 0 fully saturated rings. The van der Waals surface area contributed by atoms with E-state index >= 15 is 0 Å². The van der Waals surface area contributed by atoms with Crippen LogP contribution < -0.4 is 10.6 Å². The van der Waals surface area contributed by atoms with Gasteiger partial charge in [0.05, 0.1) is 11.0 Å². The quantitative estimate of drug-likeness (QED) is 0.339. The zero-order valence-electron chi connectivity index (χ0n) is 19.1. The number of aromatic nitrogens is 3. The molecule has 0 aliphatic carbocycles. The zero-order chi connectivity index (χ0) is 22.8. The molecule has 5 aromatic rings. The molecular weight excluding hydrogens is 406 g/mol. The number of pyridine rings is 1. The molecule has 5 rings (SSSR count). The summed E-state index contributed by atoms with van der Waals surface area (Å²) in [4.78, 5) is 12.3. The van der Waals surface area contributed by atoms with Crippen LogP contribution in [0.5, 0.6) is 0 Å². The summed E-state index contributed by atoms with van der Waals surface area (Å²) in [6.07, 6.45) is 0. The Morgan fingerprint density at radius 1 is 0.788 bits per heavy atom. The second-order valence-electron chi connectivity index (χ2n) is 8.95. The summed E-state index contributed by atoms with van der Waals surface area (Å²) in [5, 5.41) is 1.08. The Balaban J connectivity index is 1.73. The Bertz CT molecular complexity index is 1330. The lowest BCUT2D eigenvalue weighted by Crippen LogP contribution is -2.23. The molecule has 0 aliphatic heterocycles. The van der Waals surface area contributed by atoms with E-state index in [1.165, 1.54) is 11.1 Å². The predicted octanol–water partition coefficient (Wildman–Crippen LogP) is 6.03. The second-order valence-corrected chi connectivity index (χ2v) is 8.95. The SMILES string of the molecule is CC(C)Cn1c(N)nc2c(N(Cc3ccccc3)Cc3ccccc3)nc3ccccc3c21. The fraction of sp³-hybridized carbons (Fsp3) is 0.214. The lowest BCUT2D eigenvalue weighted by atomic mass is 10.1. The molecular formula is C28H29N5. The molecule has 0 unspecified atom stereocenters. The van der Waals surface area contributed by atoms with Crippen molar-refractivity contribution in [2.24, 2.45) is 5.92 Å². The average Bonchev–Trinajstić information content (AvgIpc) is 3.15. The Morgan fingerprint density at radius 3 is 1.97 bits per heavy atom. The van der Waals surface area contributed by atoms with Crippen molar-refractivity contribution < 1.29 is 0 Å². The fourth-order valence-electron chi connectivity index (χ4n) is 4.42. The molecule has 0 atom stereocenters. The molecule has 0 radical (unpaired) electrons. The van der Waals surface area contributed by atoms with Crippen molar-refractivity contribution in [1.82, 2.24) is 14.5 Å². The van der Waals surface area contributed by atoms with E-state index in [9.17, 15) is 0 Å². The van der Waals surface area contributed by atoms with Crippen molar-refractivity contribution in [3.05, 3.63) is 96.1 Å². The highest BCUT2D eigenvalue weighted by atomic mass is 15.2. The van der Waals surface area contributed by atoms with Gasteiger partial charge in [-0.2, -0.15) is 0 Å². The van der Waals surface area contributed by atoms with Gasteiger partial charge < -0.3 is 15.2 Å². The standard InChI is InChI=1S/C28H29N5/c1-20(2)17-33-26-23-15-9-10-16-24(23)30-27(25(26)31-28(33)29)32(18-21-11-5-3-6-12-21)19-22-13-7-4-8-14-22/h3-16,20H,17-19H2,1-2H3,(H2,29,31). The van der Waals surface area contributed by atoms with Crippen molar-refractivity contribution in [2.45, 2.75) is 33.5 Å². The number of rotatable bonds is 7. The normalized spacial score (nSPS) is 11.5. The number of benzene rings is 3. The van der Waals surface area contributed by atoms with Gasteiger partial charge in [-0.3, -0.25) is 0 Å². The summed E-state index contributed by atoms with van der Waals surface area (Å²) in [5.41, 5.74) is 11.8. The van der Waals surface area contributed by atoms with Gasteiger partial charge >= 0.3 is 0 Å². The third kappa shape index (κ3) is 4.27. The Labute approximate surface area is 194 Å². The maximum Gasteiger partial charge on any atom is 0.201 e.